The highest BCUT2D eigenvalue weighted by Crippen LogP contribution is 2.38. The number of nitrogens with two attached hydrogens (primary N) is 1. The van der Waals surface area contributed by atoms with Gasteiger partial charge in [-0.25, -0.2) is 32.7 Å². The molecule has 0 saturated heterocycles. The Morgan fingerprint density at radius 3 is 2.59 bits per heavy atom. The van der Waals surface area contributed by atoms with E-state index in [4.69, 9.17) is 10.6 Å². The monoisotopic (exact) mass is 430 g/mol. The van der Waals surface area contributed by atoms with Crippen molar-refractivity contribution in [1.29, 1.82) is 0 Å². The number of amides is 1. The highest BCUT2D eigenvalue weighted by Gasteiger charge is 2.47. The van der Waals surface area contributed by atoms with Gasteiger partial charge in [-0.15, -0.1) is 0 Å². The van der Waals surface area contributed by atoms with Gasteiger partial charge in [-0.2, -0.15) is 5.01 Å². The zero-order valence-electron chi connectivity index (χ0n) is 16.9. The SMILES string of the molecule is CN1C(N(N)C(=O)OC(C)(C)C)=NC(CCCO)(c2ccccc2F)CS1(=O)=O. The highest BCUT2D eigenvalue weighted by molar-refractivity contribution is 7.89. The van der Waals surface area contributed by atoms with Crippen molar-refractivity contribution in [2.24, 2.45) is 10.8 Å². The van der Waals surface area contributed by atoms with Crippen LogP contribution in [0.15, 0.2) is 29.3 Å². The van der Waals surface area contributed by atoms with Gasteiger partial charge in [-0.3, -0.25) is 0 Å². The number of carbonyl (C=O) groups excluding carboxylic acids is 1. The zero-order valence-corrected chi connectivity index (χ0v) is 17.7. The van der Waals surface area contributed by atoms with Crippen LogP contribution in [0.5, 0.6) is 0 Å². The molecule has 162 valence electrons. The standard InChI is InChI=1S/C18H27FN4O5S/c1-17(2,3)28-16(25)23(20)15-21-18(10-7-11-24,12-29(26,27)22(15)4)13-8-5-6-9-14(13)19/h5-6,8-9,24H,7,10-12,20H2,1-4H3. The second-order valence-corrected chi connectivity index (χ2v) is 9.82. The van der Waals surface area contributed by atoms with Crippen molar-refractivity contribution < 1.29 is 27.4 Å². The van der Waals surface area contributed by atoms with Gasteiger partial charge in [0.2, 0.25) is 16.0 Å². The molecule has 0 saturated carbocycles. The molecule has 0 fully saturated rings. The minimum atomic E-state index is -4.01. The molecular formula is C18H27FN4O5S. The maximum absolute atomic E-state index is 14.6. The first kappa shape index (κ1) is 23.0. The van der Waals surface area contributed by atoms with E-state index in [0.29, 0.717) is 5.01 Å². The van der Waals surface area contributed by atoms with Crippen molar-refractivity contribution in [2.75, 3.05) is 19.4 Å². The number of hydrogen-bond donors (Lipinski definition) is 2. The van der Waals surface area contributed by atoms with Gasteiger partial charge in [-0.1, -0.05) is 18.2 Å². The molecule has 1 atom stereocenters. The molecule has 2 rings (SSSR count). The second kappa shape index (κ2) is 8.25. The van der Waals surface area contributed by atoms with Gasteiger partial charge < -0.3 is 9.84 Å². The average molecular weight is 431 g/mol. The summed E-state index contributed by atoms with van der Waals surface area (Å²) in [7, 11) is -2.81. The van der Waals surface area contributed by atoms with Crippen LogP contribution in [0.2, 0.25) is 0 Å². The van der Waals surface area contributed by atoms with E-state index in [9.17, 15) is 22.7 Å². The molecule has 0 bridgehead atoms. The highest BCUT2D eigenvalue weighted by atomic mass is 32.2. The van der Waals surface area contributed by atoms with E-state index in [1.54, 1.807) is 26.8 Å². The van der Waals surface area contributed by atoms with Crippen molar-refractivity contribution >= 4 is 22.1 Å². The van der Waals surface area contributed by atoms with E-state index in [1.807, 2.05) is 0 Å². The molecule has 0 spiro atoms. The number of aliphatic imine (C=N–C) groups is 1. The van der Waals surface area contributed by atoms with Crippen molar-refractivity contribution in [2.45, 2.75) is 44.8 Å². The Morgan fingerprint density at radius 1 is 1.41 bits per heavy atom. The van der Waals surface area contributed by atoms with Gasteiger partial charge in [0.25, 0.3) is 0 Å². The van der Waals surface area contributed by atoms with Gasteiger partial charge in [0.1, 0.15) is 17.0 Å². The van der Waals surface area contributed by atoms with Crippen LogP contribution in [0, 0.1) is 5.82 Å². The number of halogens is 1. The predicted molar refractivity (Wildman–Crippen MR) is 106 cm³/mol. The normalized spacial score (nSPS) is 21.5. The van der Waals surface area contributed by atoms with E-state index in [2.05, 4.69) is 4.99 Å². The summed E-state index contributed by atoms with van der Waals surface area (Å²) in [5.74, 6) is 4.28. The summed E-state index contributed by atoms with van der Waals surface area (Å²) in [5, 5.41) is 9.79. The summed E-state index contributed by atoms with van der Waals surface area (Å²) in [5.41, 5.74) is -2.39. The first-order chi connectivity index (χ1) is 13.3. The maximum Gasteiger partial charge on any atom is 0.431 e. The fourth-order valence-corrected chi connectivity index (χ4v) is 4.57. The molecular weight excluding hydrogens is 403 g/mol. The lowest BCUT2D eigenvalue weighted by atomic mass is 9.87. The topological polar surface area (TPSA) is 126 Å². The number of hydrazine groups is 1. The Labute approximate surface area is 170 Å². The maximum atomic E-state index is 14.6. The van der Waals surface area contributed by atoms with E-state index in [-0.39, 0.29) is 25.0 Å². The van der Waals surface area contributed by atoms with Crippen LogP contribution in [0.1, 0.15) is 39.2 Å². The van der Waals surface area contributed by atoms with Crippen molar-refractivity contribution in [3.63, 3.8) is 0 Å². The molecule has 1 heterocycles. The average Bonchev–Trinajstić information content (AvgIpc) is 2.61. The van der Waals surface area contributed by atoms with Crippen LogP contribution >= 0.6 is 0 Å². The van der Waals surface area contributed by atoms with Gasteiger partial charge in [0, 0.05) is 19.2 Å². The van der Waals surface area contributed by atoms with Crippen LogP contribution in [0.4, 0.5) is 9.18 Å². The molecule has 29 heavy (non-hydrogen) atoms. The lowest BCUT2D eigenvalue weighted by Gasteiger charge is -2.40. The number of ether oxygens (including phenoxy) is 1. The number of guanidine groups is 1. The molecule has 9 nitrogen and oxygen atoms in total. The fourth-order valence-electron chi connectivity index (χ4n) is 3.03. The predicted octanol–water partition coefficient (Wildman–Crippen LogP) is 1.54. The van der Waals surface area contributed by atoms with Crippen LogP contribution in [0.3, 0.4) is 0 Å². The Kier molecular flexibility index (Phi) is 6.55. The lowest BCUT2D eigenvalue weighted by molar-refractivity contribution is 0.0354. The lowest BCUT2D eigenvalue weighted by Crippen LogP contribution is -2.58. The molecule has 1 aliphatic heterocycles. The quantitative estimate of drug-likeness (QED) is 0.424. The zero-order chi connectivity index (χ0) is 22.0. The third-order valence-electron chi connectivity index (χ3n) is 4.36. The van der Waals surface area contributed by atoms with E-state index < -0.39 is 44.8 Å². The molecule has 1 aliphatic rings. The number of carbonyl (C=O) groups is 1. The smallest absolute Gasteiger partial charge is 0.431 e. The number of nitrogens with zero attached hydrogens (tertiary/aromatic N) is 3. The minimum Gasteiger partial charge on any atom is -0.442 e. The molecule has 1 aromatic rings. The summed E-state index contributed by atoms with van der Waals surface area (Å²) in [6.07, 6.45) is -0.811. The van der Waals surface area contributed by atoms with Gasteiger partial charge in [0.05, 0.1) is 5.75 Å². The molecule has 1 unspecified atom stereocenters. The Morgan fingerprint density at radius 2 is 2.03 bits per heavy atom. The fraction of sp³-hybridized carbons (Fsp3) is 0.556. The van der Waals surface area contributed by atoms with E-state index in [0.717, 1.165) is 4.31 Å². The molecule has 0 radical (unpaired) electrons. The molecule has 3 N–H and O–H groups in total. The van der Waals surface area contributed by atoms with Crippen molar-refractivity contribution in [3.8, 4) is 0 Å². The van der Waals surface area contributed by atoms with Crippen LogP contribution in [0.25, 0.3) is 0 Å². The van der Waals surface area contributed by atoms with Gasteiger partial charge in [-0.05, 0) is 39.7 Å². The minimum absolute atomic E-state index is 0.0309. The van der Waals surface area contributed by atoms with Crippen molar-refractivity contribution in [1.82, 2.24) is 9.31 Å². The van der Waals surface area contributed by atoms with Crippen molar-refractivity contribution in [3.05, 3.63) is 35.6 Å². The van der Waals surface area contributed by atoms with E-state index >= 15 is 0 Å². The summed E-state index contributed by atoms with van der Waals surface area (Å²) >= 11 is 0. The number of benzene rings is 1. The number of aliphatic hydroxyl groups is 1. The summed E-state index contributed by atoms with van der Waals surface area (Å²) in [4.78, 5) is 16.8. The van der Waals surface area contributed by atoms with Gasteiger partial charge >= 0.3 is 6.09 Å². The Hall–Kier alpha value is -2.24. The number of sulfonamides is 1. The number of hydrogen-bond acceptors (Lipinski definition) is 7. The summed E-state index contributed by atoms with van der Waals surface area (Å²) < 4.78 is 46.4. The molecule has 0 aliphatic carbocycles. The largest absolute Gasteiger partial charge is 0.442 e. The molecule has 0 aromatic heterocycles. The second-order valence-electron chi connectivity index (χ2n) is 7.82. The Balaban J connectivity index is 2.64. The first-order valence-electron chi connectivity index (χ1n) is 9.03. The Bertz CT molecular complexity index is 900. The molecule has 11 heteroatoms. The van der Waals surface area contributed by atoms with Gasteiger partial charge in [0.15, 0.2) is 0 Å². The van der Waals surface area contributed by atoms with Crippen LogP contribution < -0.4 is 5.84 Å². The number of rotatable bonds is 4. The summed E-state index contributed by atoms with van der Waals surface area (Å²) in [6.45, 7) is 4.65. The molecule has 1 aromatic carbocycles. The number of aliphatic hydroxyl groups excluding tert-OH is 1. The first-order valence-corrected chi connectivity index (χ1v) is 10.6. The molecule has 1 amide bonds. The van der Waals surface area contributed by atoms with Crippen LogP contribution in [-0.2, 0) is 20.3 Å². The van der Waals surface area contributed by atoms with Crippen LogP contribution in [-0.4, -0.2) is 59.9 Å². The third-order valence-corrected chi connectivity index (χ3v) is 6.20. The third kappa shape index (κ3) is 5.03. The van der Waals surface area contributed by atoms with E-state index in [1.165, 1.54) is 25.2 Å². The summed E-state index contributed by atoms with van der Waals surface area (Å²) in [6, 6.07) is 5.67.